The second-order valence-corrected chi connectivity index (χ2v) is 11.1. The van der Waals surface area contributed by atoms with Gasteiger partial charge in [-0.2, -0.15) is 0 Å². The predicted octanol–water partition coefficient (Wildman–Crippen LogP) is 4.71. The van der Waals surface area contributed by atoms with Crippen LogP contribution in [-0.2, 0) is 47.9 Å². The summed E-state index contributed by atoms with van der Waals surface area (Å²) < 4.78 is 9.82. The molecule has 4 N–H and O–H groups in total. The van der Waals surface area contributed by atoms with Crippen LogP contribution in [0.3, 0.4) is 0 Å². The zero-order chi connectivity index (χ0) is 33.0. The Morgan fingerprint density at radius 2 is 1.07 bits per heavy atom. The third kappa shape index (κ3) is 6.69. The van der Waals surface area contributed by atoms with E-state index in [9.17, 15) is 19.2 Å². The van der Waals surface area contributed by atoms with Crippen LogP contribution in [0, 0.1) is 13.8 Å². The molecule has 0 radical (unpaired) electrons. The smallest absolute Gasteiger partial charge is 0.305 e. The number of H-pyrrole nitrogens is 2. The van der Waals surface area contributed by atoms with Crippen LogP contribution in [0.25, 0.3) is 12.2 Å². The number of carbonyl (C=O) groups excluding carboxylic acids is 4. The molecule has 0 atom stereocenters. The molecule has 10 nitrogen and oxygen atoms in total. The number of methoxy groups -OCH3 is 2. The molecule has 2 aromatic heterocycles. The SMILES string of the molecule is C=CC1=C(C)/C(=C/c2[nH]c(Cc3[nH]c(/C=C4\NC(=O)C(C=C)=C4C)c(C)c3CCC(=O)OC)c(CCC(=O)OC)c2C)NC1=O. The average Bonchev–Trinajstić information content (AvgIpc) is 3.66. The highest BCUT2D eigenvalue weighted by Crippen LogP contribution is 2.31. The number of aromatic nitrogens is 2. The van der Waals surface area contributed by atoms with Crippen molar-refractivity contribution in [1.29, 1.82) is 0 Å². The van der Waals surface area contributed by atoms with E-state index < -0.39 is 0 Å². The number of hydrogen-bond donors (Lipinski definition) is 4. The summed E-state index contributed by atoms with van der Waals surface area (Å²) in [4.78, 5) is 56.2. The Balaban J connectivity index is 1.80. The van der Waals surface area contributed by atoms with Crippen molar-refractivity contribution in [3.63, 3.8) is 0 Å². The van der Waals surface area contributed by atoms with Crippen LogP contribution in [-0.4, -0.2) is 47.9 Å². The van der Waals surface area contributed by atoms with Crippen molar-refractivity contribution in [3.05, 3.63) is 104 Å². The minimum absolute atomic E-state index is 0.196. The summed E-state index contributed by atoms with van der Waals surface area (Å²) in [5.41, 5.74) is 11.2. The van der Waals surface area contributed by atoms with Crippen LogP contribution in [0.5, 0.6) is 0 Å². The highest BCUT2D eigenvalue weighted by atomic mass is 16.5. The molecular weight excluding hydrogens is 572 g/mol. The van der Waals surface area contributed by atoms with Gasteiger partial charge in [0.1, 0.15) is 0 Å². The maximum atomic E-state index is 12.4. The minimum atomic E-state index is -0.316. The van der Waals surface area contributed by atoms with Gasteiger partial charge in [-0.15, -0.1) is 0 Å². The maximum absolute atomic E-state index is 12.4. The zero-order valence-corrected chi connectivity index (χ0v) is 26.7. The van der Waals surface area contributed by atoms with Crippen molar-refractivity contribution in [2.24, 2.45) is 0 Å². The van der Waals surface area contributed by atoms with Gasteiger partial charge in [-0.3, -0.25) is 19.2 Å². The van der Waals surface area contributed by atoms with Gasteiger partial charge < -0.3 is 30.1 Å². The summed E-state index contributed by atoms with van der Waals surface area (Å²) in [5.74, 6) is -1.04. The van der Waals surface area contributed by atoms with E-state index in [-0.39, 0.29) is 36.6 Å². The molecule has 2 aliphatic rings. The lowest BCUT2D eigenvalue weighted by molar-refractivity contribution is -0.141. The van der Waals surface area contributed by atoms with E-state index in [0.717, 1.165) is 56.2 Å². The van der Waals surface area contributed by atoms with E-state index in [1.807, 2.05) is 39.8 Å². The molecule has 0 aromatic carbocycles. The molecule has 10 heteroatoms. The van der Waals surface area contributed by atoms with E-state index in [1.54, 1.807) is 12.2 Å². The highest BCUT2D eigenvalue weighted by molar-refractivity contribution is 6.04. The van der Waals surface area contributed by atoms with E-state index in [2.05, 4.69) is 33.8 Å². The first-order valence-corrected chi connectivity index (χ1v) is 14.7. The van der Waals surface area contributed by atoms with E-state index in [0.29, 0.717) is 41.8 Å². The first-order chi connectivity index (χ1) is 21.4. The molecule has 0 aliphatic carbocycles. The van der Waals surface area contributed by atoms with E-state index in [1.165, 1.54) is 14.2 Å². The number of nitrogens with one attached hydrogen (secondary N) is 4. The second-order valence-electron chi connectivity index (χ2n) is 11.1. The van der Waals surface area contributed by atoms with Crippen molar-refractivity contribution in [2.45, 2.75) is 59.8 Å². The van der Waals surface area contributed by atoms with E-state index >= 15 is 0 Å². The molecule has 0 fully saturated rings. The molecule has 0 unspecified atom stereocenters. The van der Waals surface area contributed by atoms with Crippen molar-refractivity contribution in [2.75, 3.05) is 14.2 Å². The number of amides is 2. The Morgan fingerprint density at radius 1 is 0.689 bits per heavy atom. The van der Waals surface area contributed by atoms with Gasteiger partial charge in [0.05, 0.1) is 14.2 Å². The van der Waals surface area contributed by atoms with Crippen molar-refractivity contribution < 1.29 is 28.7 Å². The third-order valence-electron chi connectivity index (χ3n) is 8.57. The van der Waals surface area contributed by atoms with Gasteiger partial charge in [-0.1, -0.05) is 25.3 Å². The monoisotopic (exact) mass is 612 g/mol. The third-order valence-corrected chi connectivity index (χ3v) is 8.57. The first kappa shape index (κ1) is 32.8. The summed E-state index contributed by atoms with van der Waals surface area (Å²) in [6, 6.07) is 0. The fourth-order valence-electron chi connectivity index (χ4n) is 5.81. The molecule has 2 aliphatic heterocycles. The molecule has 0 saturated heterocycles. The Labute approximate surface area is 263 Å². The summed E-state index contributed by atoms with van der Waals surface area (Å²) >= 11 is 0. The Morgan fingerprint density at radius 3 is 1.38 bits per heavy atom. The normalized spacial score (nSPS) is 16.5. The molecule has 0 spiro atoms. The number of allylic oxidation sites excluding steroid dienone is 2. The summed E-state index contributed by atoms with van der Waals surface area (Å²) in [6.45, 7) is 15.2. The maximum Gasteiger partial charge on any atom is 0.305 e. The molecule has 4 heterocycles. The number of carbonyl (C=O) groups is 4. The van der Waals surface area contributed by atoms with E-state index in [4.69, 9.17) is 9.47 Å². The fraction of sp³-hybridized carbons (Fsp3) is 0.314. The van der Waals surface area contributed by atoms with Gasteiger partial charge in [-0.05, 0) is 86.1 Å². The molecule has 45 heavy (non-hydrogen) atoms. The van der Waals surface area contributed by atoms with Gasteiger partial charge >= 0.3 is 11.9 Å². The Hall–Kier alpha value is -5.12. The largest absolute Gasteiger partial charge is 0.469 e. The molecule has 0 bridgehead atoms. The van der Waals surface area contributed by atoms with Crippen LogP contribution < -0.4 is 10.6 Å². The summed E-state index contributed by atoms with van der Waals surface area (Å²) in [5, 5.41) is 5.81. The summed E-state index contributed by atoms with van der Waals surface area (Å²) in [7, 11) is 2.73. The van der Waals surface area contributed by atoms with Gasteiger partial charge in [0.25, 0.3) is 11.8 Å². The average molecular weight is 613 g/mol. The van der Waals surface area contributed by atoms with Crippen molar-refractivity contribution >= 4 is 35.9 Å². The molecule has 2 amide bonds. The minimum Gasteiger partial charge on any atom is -0.469 e. The van der Waals surface area contributed by atoms with Crippen molar-refractivity contribution in [3.8, 4) is 0 Å². The lowest BCUT2D eigenvalue weighted by Crippen LogP contribution is -2.15. The zero-order valence-electron chi connectivity index (χ0n) is 26.7. The fourth-order valence-corrected chi connectivity index (χ4v) is 5.81. The Kier molecular flexibility index (Phi) is 9.96. The number of esters is 2. The van der Waals surface area contributed by atoms with Crippen LogP contribution >= 0.6 is 0 Å². The van der Waals surface area contributed by atoms with Crippen LogP contribution in [0.4, 0.5) is 0 Å². The van der Waals surface area contributed by atoms with Gasteiger partial charge in [-0.25, -0.2) is 0 Å². The lowest BCUT2D eigenvalue weighted by Gasteiger charge is -2.08. The molecule has 4 rings (SSSR count). The number of ether oxygens (including phenoxy) is 2. The van der Waals surface area contributed by atoms with Gasteiger partial charge in [0.2, 0.25) is 0 Å². The highest BCUT2D eigenvalue weighted by Gasteiger charge is 2.25. The number of aromatic amines is 2. The molecule has 236 valence electrons. The van der Waals surface area contributed by atoms with Crippen LogP contribution in [0.2, 0.25) is 0 Å². The Bertz CT molecular complexity index is 1610. The van der Waals surface area contributed by atoms with Crippen molar-refractivity contribution in [1.82, 2.24) is 20.6 Å². The number of rotatable bonds is 12. The standard InChI is InChI=1S/C35H40N4O6/c1-9-22-18(3)28(38-34(22)42)15-26-20(5)24(11-13-32(40)44-7)30(36-26)17-31-25(12-14-33(41)45-8)21(6)27(37-31)16-29-19(4)23(10-2)35(43)39-29/h9-10,15-16,36-37H,1-2,11-14,17H2,3-8H3,(H,38,42)(H,39,43)/b28-15-,29-16-. The summed E-state index contributed by atoms with van der Waals surface area (Å²) in [6.07, 6.45) is 8.61. The van der Waals surface area contributed by atoms with Crippen LogP contribution in [0.1, 0.15) is 71.7 Å². The first-order valence-electron chi connectivity index (χ1n) is 14.7. The quantitative estimate of drug-likeness (QED) is 0.256. The molecule has 0 saturated carbocycles. The predicted molar refractivity (Wildman–Crippen MR) is 173 cm³/mol. The second kappa shape index (κ2) is 13.7. The van der Waals surface area contributed by atoms with Gasteiger partial charge in [0, 0.05) is 64.6 Å². The molecular formula is C35H40N4O6. The topological polar surface area (TPSA) is 142 Å². The lowest BCUT2D eigenvalue weighted by atomic mass is 9.98. The number of hydrogen-bond acceptors (Lipinski definition) is 6. The molecule has 2 aromatic rings. The van der Waals surface area contributed by atoms with Crippen LogP contribution in [0.15, 0.2) is 59.0 Å². The van der Waals surface area contributed by atoms with Gasteiger partial charge in [0.15, 0.2) is 0 Å².